The molecular weight excluding hydrogens is 300 g/mol. The number of fused-ring (bicyclic) bond motifs is 1. The highest BCUT2D eigenvalue weighted by Gasteiger charge is 2.33. The van der Waals surface area contributed by atoms with E-state index in [0.29, 0.717) is 22.6 Å². The molecule has 0 saturated carbocycles. The van der Waals surface area contributed by atoms with Crippen molar-refractivity contribution in [2.45, 2.75) is 12.0 Å². The molecule has 3 rings (SSSR count). The molecule has 0 amide bonds. The molecule has 0 aromatic heterocycles. The molecule has 122 valence electrons. The Kier molecular flexibility index (Phi) is 3.92. The summed E-state index contributed by atoms with van der Waals surface area (Å²) in [5.74, 6) is 0.588. The fourth-order valence-electron chi connectivity index (χ4n) is 2.86. The summed E-state index contributed by atoms with van der Waals surface area (Å²) in [6, 6.07) is 7.91. The molecule has 3 N–H and O–H groups in total. The predicted octanol–water partition coefficient (Wildman–Crippen LogP) is 2.32. The zero-order valence-electron chi connectivity index (χ0n) is 12.8. The molecule has 1 aliphatic rings. The molecule has 0 spiro atoms. The van der Waals surface area contributed by atoms with Crippen molar-refractivity contribution in [1.29, 1.82) is 0 Å². The molecular formula is C17H18O6. The lowest BCUT2D eigenvalue weighted by molar-refractivity contribution is 0.0873. The Bertz CT molecular complexity index is 727. The minimum atomic E-state index is -0.872. The van der Waals surface area contributed by atoms with Crippen molar-refractivity contribution in [3.05, 3.63) is 41.5 Å². The van der Waals surface area contributed by atoms with Gasteiger partial charge in [0.05, 0.1) is 32.8 Å². The number of aliphatic hydroxyl groups excluding tert-OH is 1. The maximum atomic E-state index is 10.6. The number of methoxy groups -OCH3 is 2. The summed E-state index contributed by atoms with van der Waals surface area (Å²) in [5, 5.41) is 30.6. The minimum absolute atomic E-state index is 0.0726. The van der Waals surface area contributed by atoms with Crippen molar-refractivity contribution >= 4 is 0 Å². The van der Waals surface area contributed by atoms with E-state index in [2.05, 4.69) is 0 Å². The second kappa shape index (κ2) is 5.89. The van der Waals surface area contributed by atoms with Crippen LogP contribution in [-0.4, -0.2) is 36.1 Å². The van der Waals surface area contributed by atoms with Crippen LogP contribution in [0.4, 0.5) is 0 Å². The van der Waals surface area contributed by atoms with Crippen LogP contribution in [0.3, 0.4) is 0 Å². The first-order valence-electron chi connectivity index (χ1n) is 7.14. The maximum absolute atomic E-state index is 10.6. The highest BCUT2D eigenvalue weighted by atomic mass is 16.5. The van der Waals surface area contributed by atoms with E-state index in [1.807, 2.05) is 0 Å². The van der Waals surface area contributed by atoms with Crippen molar-refractivity contribution in [2.24, 2.45) is 0 Å². The van der Waals surface area contributed by atoms with E-state index in [9.17, 15) is 15.3 Å². The van der Waals surface area contributed by atoms with E-state index in [0.717, 1.165) is 0 Å². The standard InChI is InChI=1S/C17H18O6/c1-21-13-6-5-10(16(20)17(13)22-2)12-8-23-14-7-9(18)3-4-11(14)15(12)19/h3-7,12,15,18-20H,8H2,1-2H3/t12-,15-/m0/s1. The topological polar surface area (TPSA) is 88.4 Å². The molecule has 23 heavy (non-hydrogen) atoms. The third-order valence-corrected chi connectivity index (χ3v) is 4.07. The fourth-order valence-corrected chi connectivity index (χ4v) is 2.86. The van der Waals surface area contributed by atoms with Crippen molar-refractivity contribution in [2.75, 3.05) is 20.8 Å². The molecule has 0 unspecified atom stereocenters. The number of aliphatic hydroxyl groups is 1. The lowest BCUT2D eigenvalue weighted by atomic mass is 9.86. The number of rotatable bonds is 3. The lowest BCUT2D eigenvalue weighted by Gasteiger charge is -2.31. The van der Waals surface area contributed by atoms with Gasteiger partial charge in [-0.05, 0) is 18.2 Å². The number of benzene rings is 2. The smallest absolute Gasteiger partial charge is 0.203 e. The molecule has 6 nitrogen and oxygen atoms in total. The van der Waals surface area contributed by atoms with Gasteiger partial charge in [-0.1, -0.05) is 6.07 Å². The Hall–Kier alpha value is -2.60. The summed E-state index contributed by atoms with van der Waals surface area (Å²) in [7, 11) is 2.92. The van der Waals surface area contributed by atoms with Crippen LogP contribution < -0.4 is 14.2 Å². The minimum Gasteiger partial charge on any atom is -0.508 e. The number of ether oxygens (including phenoxy) is 3. The van der Waals surface area contributed by atoms with Gasteiger partial charge in [0.15, 0.2) is 11.5 Å². The number of aromatic hydroxyl groups is 2. The zero-order chi connectivity index (χ0) is 16.6. The Morgan fingerprint density at radius 3 is 2.48 bits per heavy atom. The average Bonchev–Trinajstić information content (AvgIpc) is 2.55. The van der Waals surface area contributed by atoms with Gasteiger partial charge in [-0.3, -0.25) is 0 Å². The summed E-state index contributed by atoms with van der Waals surface area (Å²) in [4.78, 5) is 0. The molecule has 2 atom stereocenters. The maximum Gasteiger partial charge on any atom is 0.203 e. The van der Waals surface area contributed by atoms with E-state index in [1.54, 1.807) is 18.2 Å². The molecule has 0 fully saturated rings. The van der Waals surface area contributed by atoms with Crippen LogP contribution in [0.5, 0.6) is 28.7 Å². The van der Waals surface area contributed by atoms with Crippen LogP contribution in [-0.2, 0) is 0 Å². The number of phenols is 2. The van der Waals surface area contributed by atoms with E-state index in [1.165, 1.54) is 26.4 Å². The van der Waals surface area contributed by atoms with Gasteiger partial charge < -0.3 is 29.5 Å². The Morgan fingerprint density at radius 2 is 1.78 bits per heavy atom. The van der Waals surface area contributed by atoms with Crippen molar-refractivity contribution in [3.63, 3.8) is 0 Å². The number of phenolic OH excluding ortho intramolecular Hbond substituents is 2. The Morgan fingerprint density at radius 1 is 1.04 bits per heavy atom. The summed E-state index contributed by atoms with van der Waals surface area (Å²) < 4.78 is 16.0. The SMILES string of the molecule is COc1ccc([C@@H]2COc3cc(O)ccc3[C@@H]2O)c(O)c1OC. The molecule has 1 aliphatic heterocycles. The Balaban J connectivity index is 2.02. The van der Waals surface area contributed by atoms with Gasteiger partial charge in [-0.25, -0.2) is 0 Å². The number of hydrogen-bond donors (Lipinski definition) is 3. The summed E-state index contributed by atoms with van der Waals surface area (Å²) in [6.07, 6.45) is -0.872. The monoisotopic (exact) mass is 318 g/mol. The second-order valence-electron chi connectivity index (χ2n) is 5.32. The molecule has 6 heteroatoms. The molecule has 0 radical (unpaired) electrons. The molecule has 0 aliphatic carbocycles. The summed E-state index contributed by atoms with van der Waals surface area (Å²) >= 11 is 0. The van der Waals surface area contributed by atoms with E-state index in [-0.39, 0.29) is 23.9 Å². The van der Waals surface area contributed by atoms with Crippen LogP contribution in [0.2, 0.25) is 0 Å². The third-order valence-electron chi connectivity index (χ3n) is 4.07. The summed E-state index contributed by atoms with van der Waals surface area (Å²) in [5.41, 5.74) is 1.07. The predicted molar refractivity (Wildman–Crippen MR) is 82.5 cm³/mol. The van der Waals surface area contributed by atoms with Gasteiger partial charge in [-0.15, -0.1) is 0 Å². The Labute approximate surface area is 133 Å². The van der Waals surface area contributed by atoms with Gasteiger partial charge in [0.25, 0.3) is 0 Å². The van der Waals surface area contributed by atoms with Gasteiger partial charge in [-0.2, -0.15) is 0 Å². The zero-order valence-corrected chi connectivity index (χ0v) is 12.8. The number of hydrogen-bond acceptors (Lipinski definition) is 6. The van der Waals surface area contributed by atoms with Crippen molar-refractivity contribution in [3.8, 4) is 28.7 Å². The highest BCUT2D eigenvalue weighted by molar-refractivity contribution is 5.57. The van der Waals surface area contributed by atoms with Crippen LogP contribution in [0, 0.1) is 0 Å². The first kappa shape index (κ1) is 15.3. The van der Waals surface area contributed by atoms with E-state index in [4.69, 9.17) is 14.2 Å². The van der Waals surface area contributed by atoms with Crippen molar-refractivity contribution in [1.82, 2.24) is 0 Å². The van der Waals surface area contributed by atoms with E-state index < -0.39 is 12.0 Å². The quantitative estimate of drug-likeness (QED) is 0.805. The van der Waals surface area contributed by atoms with Gasteiger partial charge in [0, 0.05) is 17.2 Å². The van der Waals surface area contributed by atoms with Crippen molar-refractivity contribution < 1.29 is 29.5 Å². The first-order chi connectivity index (χ1) is 11.1. The first-order valence-corrected chi connectivity index (χ1v) is 7.14. The van der Waals surface area contributed by atoms with Crippen LogP contribution in [0.1, 0.15) is 23.1 Å². The normalized spacial score (nSPS) is 19.6. The molecule has 1 heterocycles. The molecule has 2 aromatic rings. The van der Waals surface area contributed by atoms with Crippen LogP contribution >= 0.6 is 0 Å². The highest BCUT2D eigenvalue weighted by Crippen LogP contribution is 2.48. The fraction of sp³-hybridized carbons (Fsp3) is 0.294. The summed E-state index contributed by atoms with van der Waals surface area (Å²) in [6.45, 7) is 0.167. The average molecular weight is 318 g/mol. The molecule has 0 saturated heterocycles. The van der Waals surface area contributed by atoms with Crippen LogP contribution in [0.15, 0.2) is 30.3 Å². The largest absolute Gasteiger partial charge is 0.508 e. The second-order valence-corrected chi connectivity index (χ2v) is 5.32. The van der Waals surface area contributed by atoms with Gasteiger partial charge in [0.1, 0.15) is 11.5 Å². The van der Waals surface area contributed by atoms with E-state index >= 15 is 0 Å². The third kappa shape index (κ3) is 2.51. The van der Waals surface area contributed by atoms with Gasteiger partial charge >= 0.3 is 0 Å². The van der Waals surface area contributed by atoms with Crippen LogP contribution in [0.25, 0.3) is 0 Å². The molecule has 2 aromatic carbocycles. The molecule has 0 bridgehead atoms. The van der Waals surface area contributed by atoms with Gasteiger partial charge in [0.2, 0.25) is 5.75 Å². The lowest BCUT2D eigenvalue weighted by Crippen LogP contribution is -2.24.